The average Bonchev–Trinajstić information content (AvgIpc) is 2.75. The minimum atomic E-state index is -0.0500. The minimum absolute atomic E-state index is 0.0500. The lowest BCUT2D eigenvalue weighted by atomic mass is 9.87. The van der Waals surface area contributed by atoms with Crippen LogP contribution in [-0.4, -0.2) is 42.6 Å². The molecule has 0 radical (unpaired) electrons. The molecule has 1 fully saturated rings. The number of nitrogens with two attached hydrogens (primary N) is 1. The fourth-order valence-electron chi connectivity index (χ4n) is 2.65. The number of likely N-dealkylation sites (N-methyl/N-ethyl adjacent to an activating group) is 1. The van der Waals surface area contributed by atoms with Gasteiger partial charge in [-0.2, -0.15) is 0 Å². The molecule has 1 saturated heterocycles. The summed E-state index contributed by atoms with van der Waals surface area (Å²) in [5.74, 6) is 0.162. The molecule has 1 amide bonds. The van der Waals surface area contributed by atoms with E-state index < -0.39 is 0 Å². The lowest BCUT2D eigenvalue weighted by Gasteiger charge is -2.27. The van der Waals surface area contributed by atoms with E-state index in [2.05, 4.69) is 20.8 Å². The summed E-state index contributed by atoms with van der Waals surface area (Å²) in [6.07, 6.45) is 3.72. The van der Waals surface area contributed by atoms with Gasteiger partial charge in [0.25, 0.3) is 0 Å². The maximum Gasteiger partial charge on any atom is 0.224 e. The first-order valence-electron chi connectivity index (χ1n) is 7.47. The van der Waals surface area contributed by atoms with Gasteiger partial charge < -0.3 is 15.4 Å². The zero-order valence-corrected chi connectivity index (χ0v) is 12.9. The second-order valence-corrected chi connectivity index (χ2v) is 6.80. The van der Waals surface area contributed by atoms with E-state index in [1.54, 1.807) is 0 Å². The number of carbonyl (C=O) groups excluding carboxylic acids is 1. The number of amides is 1. The third kappa shape index (κ3) is 6.39. The molecule has 1 aliphatic heterocycles. The lowest BCUT2D eigenvalue weighted by Crippen LogP contribution is -2.40. The van der Waals surface area contributed by atoms with Crippen LogP contribution in [0, 0.1) is 5.41 Å². The van der Waals surface area contributed by atoms with Crippen LogP contribution in [0.1, 0.15) is 53.4 Å². The van der Waals surface area contributed by atoms with Gasteiger partial charge in [-0.1, -0.05) is 20.8 Å². The van der Waals surface area contributed by atoms with E-state index in [0.717, 1.165) is 39.0 Å². The van der Waals surface area contributed by atoms with Crippen LogP contribution in [-0.2, 0) is 9.53 Å². The SMILES string of the molecule is CCN(CC1CCCO1)C(=O)CC(N)CC(C)(C)C. The Hall–Kier alpha value is -0.610. The Morgan fingerprint density at radius 1 is 1.47 bits per heavy atom. The van der Waals surface area contributed by atoms with Gasteiger partial charge in [0.05, 0.1) is 6.10 Å². The maximum absolute atomic E-state index is 12.2. The van der Waals surface area contributed by atoms with Gasteiger partial charge in [-0.3, -0.25) is 4.79 Å². The summed E-state index contributed by atoms with van der Waals surface area (Å²) in [4.78, 5) is 14.1. The summed E-state index contributed by atoms with van der Waals surface area (Å²) in [5.41, 5.74) is 6.25. The van der Waals surface area contributed by atoms with Crippen molar-refractivity contribution in [1.29, 1.82) is 0 Å². The molecule has 1 aliphatic rings. The summed E-state index contributed by atoms with van der Waals surface area (Å²) in [7, 11) is 0. The first-order chi connectivity index (χ1) is 8.81. The Balaban J connectivity index is 2.40. The van der Waals surface area contributed by atoms with Crippen LogP contribution in [0.15, 0.2) is 0 Å². The van der Waals surface area contributed by atoms with Crippen LogP contribution in [0.3, 0.4) is 0 Å². The van der Waals surface area contributed by atoms with Crippen molar-refractivity contribution in [2.24, 2.45) is 11.1 Å². The molecule has 4 nitrogen and oxygen atoms in total. The highest BCUT2D eigenvalue weighted by Crippen LogP contribution is 2.21. The second-order valence-electron chi connectivity index (χ2n) is 6.80. The molecule has 2 unspecified atom stereocenters. The highest BCUT2D eigenvalue weighted by atomic mass is 16.5. The van der Waals surface area contributed by atoms with Gasteiger partial charge >= 0.3 is 0 Å². The van der Waals surface area contributed by atoms with Gasteiger partial charge in [0.1, 0.15) is 0 Å². The normalized spacial score (nSPS) is 21.4. The largest absolute Gasteiger partial charge is 0.376 e. The molecule has 2 atom stereocenters. The highest BCUT2D eigenvalue weighted by Gasteiger charge is 2.24. The molecular weight excluding hydrogens is 240 g/mol. The molecule has 0 aromatic rings. The minimum Gasteiger partial charge on any atom is -0.376 e. The Morgan fingerprint density at radius 2 is 2.16 bits per heavy atom. The average molecular weight is 270 g/mol. The summed E-state index contributed by atoms with van der Waals surface area (Å²) in [6.45, 7) is 10.8. The molecule has 112 valence electrons. The van der Waals surface area contributed by atoms with Crippen LogP contribution in [0.5, 0.6) is 0 Å². The quantitative estimate of drug-likeness (QED) is 0.804. The smallest absolute Gasteiger partial charge is 0.224 e. The summed E-state index contributed by atoms with van der Waals surface area (Å²) < 4.78 is 5.60. The van der Waals surface area contributed by atoms with E-state index in [0.29, 0.717) is 6.42 Å². The Bertz CT molecular complexity index is 280. The number of hydrogen-bond acceptors (Lipinski definition) is 3. The van der Waals surface area contributed by atoms with Crippen molar-refractivity contribution in [2.45, 2.75) is 65.5 Å². The van der Waals surface area contributed by atoms with Crippen molar-refractivity contribution in [3.8, 4) is 0 Å². The maximum atomic E-state index is 12.2. The van der Waals surface area contributed by atoms with Gasteiger partial charge in [-0.25, -0.2) is 0 Å². The number of ether oxygens (including phenoxy) is 1. The van der Waals surface area contributed by atoms with Gasteiger partial charge in [0, 0.05) is 32.2 Å². The zero-order valence-electron chi connectivity index (χ0n) is 12.9. The molecular formula is C15H30N2O2. The van der Waals surface area contributed by atoms with Crippen molar-refractivity contribution in [3.05, 3.63) is 0 Å². The second kappa shape index (κ2) is 7.25. The van der Waals surface area contributed by atoms with E-state index in [1.165, 1.54) is 0 Å². The van der Waals surface area contributed by atoms with E-state index in [9.17, 15) is 4.79 Å². The predicted molar refractivity (Wildman–Crippen MR) is 77.9 cm³/mol. The molecule has 0 aliphatic carbocycles. The third-order valence-electron chi connectivity index (χ3n) is 3.49. The van der Waals surface area contributed by atoms with Gasteiger partial charge in [-0.05, 0) is 31.6 Å². The lowest BCUT2D eigenvalue weighted by molar-refractivity contribution is -0.133. The highest BCUT2D eigenvalue weighted by molar-refractivity contribution is 5.76. The van der Waals surface area contributed by atoms with Gasteiger partial charge in [-0.15, -0.1) is 0 Å². The van der Waals surface area contributed by atoms with Gasteiger partial charge in [0.15, 0.2) is 0 Å². The first kappa shape index (κ1) is 16.4. The van der Waals surface area contributed by atoms with Gasteiger partial charge in [0.2, 0.25) is 5.91 Å². The molecule has 0 aromatic carbocycles. The molecule has 0 aromatic heterocycles. The summed E-state index contributed by atoms with van der Waals surface area (Å²) >= 11 is 0. The van der Waals surface area contributed by atoms with Crippen molar-refractivity contribution in [3.63, 3.8) is 0 Å². The molecule has 19 heavy (non-hydrogen) atoms. The molecule has 4 heteroatoms. The van der Waals surface area contributed by atoms with Crippen molar-refractivity contribution in [1.82, 2.24) is 4.90 Å². The summed E-state index contributed by atoms with van der Waals surface area (Å²) in [5, 5.41) is 0. The van der Waals surface area contributed by atoms with Crippen LogP contribution in [0.25, 0.3) is 0 Å². The van der Waals surface area contributed by atoms with E-state index in [-0.39, 0.29) is 23.5 Å². The fourth-order valence-corrected chi connectivity index (χ4v) is 2.65. The number of hydrogen-bond donors (Lipinski definition) is 1. The Labute approximate surface area is 117 Å². The van der Waals surface area contributed by atoms with Crippen molar-refractivity contribution >= 4 is 5.91 Å². The zero-order chi connectivity index (χ0) is 14.5. The fraction of sp³-hybridized carbons (Fsp3) is 0.933. The molecule has 2 N–H and O–H groups in total. The van der Waals surface area contributed by atoms with Crippen LogP contribution >= 0.6 is 0 Å². The Kier molecular flexibility index (Phi) is 6.27. The van der Waals surface area contributed by atoms with Crippen LogP contribution in [0.4, 0.5) is 0 Å². The number of nitrogens with zero attached hydrogens (tertiary/aromatic N) is 1. The Morgan fingerprint density at radius 3 is 2.63 bits per heavy atom. The van der Waals surface area contributed by atoms with Crippen molar-refractivity contribution < 1.29 is 9.53 Å². The topological polar surface area (TPSA) is 55.6 Å². The molecule has 0 bridgehead atoms. The molecule has 0 saturated carbocycles. The predicted octanol–water partition coefficient (Wildman–Crippen LogP) is 2.17. The van der Waals surface area contributed by atoms with Crippen LogP contribution in [0.2, 0.25) is 0 Å². The van der Waals surface area contributed by atoms with Crippen molar-refractivity contribution in [2.75, 3.05) is 19.7 Å². The van der Waals surface area contributed by atoms with E-state index >= 15 is 0 Å². The first-order valence-corrected chi connectivity index (χ1v) is 7.47. The van der Waals surface area contributed by atoms with E-state index in [4.69, 9.17) is 10.5 Å². The molecule has 1 heterocycles. The van der Waals surface area contributed by atoms with Crippen LogP contribution < -0.4 is 5.73 Å². The molecule has 0 spiro atoms. The number of rotatable bonds is 6. The van der Waals surface area contributed by atoms with E-state index in [1.807, 2.05) is 11.8 Å². The standard InChI is InChI=1S/C15H30N2O2/c1-5-17(11-13-7-6-8-19-13)14(18)9-12(16)10-15(2,3)4/h12-13H,5-11,16H2,1-4H3. The molecule has 1 rings (SSSR count). The number of carbonyl (C=O) groups is 1. The summed E-state index contributed by atoms with van der Waals surface area (Å²) in [6, 6.07) is -0.0500. The third-order valence-corrected chi connectivity index (χ3v) is 3.49. The monoisotopic (exact) mass is 270 g/mol.